The van der Waals surface area contributed by atoms with Gasteiger partial charge < -0.3 is 14.5 Å². The molecule has 2 saturated carbocycles. The zero-order chi connectivity index (χ0) is 20.6. The predicted octanol–water partition coefficient (Wildman–Crippen LogP) is 4.44. The van der Waals surface area contributed by atoms with E-state index in [-0.39, 0.29) is 11.5 Å². The van der Waals surface area contributed by atoms with Crippen LogP contribution in [0.15, 0.2) is 60.7 Å². The van der Waals surface area contributed by atoms with Crippen molar-refractivity contribution < 1.29 is 9.53 Å². The van der Waals surface area contributed by atoms with Crippen molar-refractivity contribution in [3.63, 3.8) is 0 Å². The molecule has 1 amide bonds. The second-order valence-electron chi connectivity index (χ2n) is 9.45. The van der Waals surface area contributed by atoms with Crippen LogP contribution in [0.3, 0.4) is 0 Å². The number of benzene rings is 2. The molecule has 0 bridgehead atoms. The third-order valence-corrected chi connectivity index (χ3v) is 7.35. The number of hydrogen-bond donors (Lipinski definition) is 0. The highest BCUT2D eigenvalue weighted by atomic mass is 16.5. The molecule has 30 heavy (non-hydrogen) atoms. The van der Waals surface area contributed by atoms with Gasteiger partial charge in [-0.05, 0) is 69.7 Å². The maximum atomic E-state index is 13.1. The average molecular weight is 405 g/mol. The molecule has 1 saturated heterocycles. The highest BCUT2D eigenvalue weighted by Crippen LogP contribution is 2.51. The van der Waals surface area contributed by atoms with Crippen molar-refractivity contribution in [3.8, 4) is 0 Å². The summed E-state index contributed by atoms with van der Waals surface area (Å²) >= 11 is 0. The minimum Gasteiger partial charge on any atom is -0.357 e. The topological polar surface area (TPSA) is 32.8 Å². The van der Waals surface area contributed by atoms with Gasteiger partial charge in [0.25, 0.3) is 5.91 Å². The summed E-state index contributed by atoms with van der Waals surface area (Å²) in [4.78, 5) is 17.7. The lowest BCUT2D eigenvalue weighted by molar-refractivity contribution is -0.171. The quantitative estimate of drug-likeness (QED) is 0.739. The molecule has 1 aliphatic heterocycles. The van der Waals surface area contributed by atoms with Crippen molar-refractivity contribution in [2.75, 3.05) is 25.0 Å². The number of para-hydroxylation sites is 1. The monoisotopic (exact) mass is 404 g/mol. The van der Waals surface area contributed by atoms with E-state index < -0.39 is 5.60 Å². The summed E-state index contributed by atoms with van der Waals surface area (Å²) in [6, 6.07) is 21.5. The lowest BCUT2D eigenvalue weighted by atomic mass is 9.79. The van der Waals surface area contributed by atoms with Gasteiger partial charge in [0.1, 0.15) is 5.60 Å². The highest BCUT2D eigenvalue weighted by molar-refractivity contribution is 6.02. The van der Waals surface area contributed by atoms with E-state index in [9.17, 15) is 4.79 Å². The molecule has 2 aromatic carbocycles. The summed E-state index contributed by atoms with van der Waals surface area (Å²) in [7, 11) is 2.26. The van der Waals surface area contributed by atoms with Gasteiger partial charge in [0.2, 0.25) is 0 Å². The van der Waals surface area contributed by atoms with Crippen LogP contribution in [0.1, 0.15) is 44.1 Å². The molecule has 3 fully saturated rings. The van der Waals surface area contributed by atoms with Crippen LogP contribution in [0.2, 0.25) is 0 Å². The Labute approximate surface area is 179 Å². The van der Waals surface area contributed by atoms with Crippen LogP contribution in [0.5, 0.6) is 0 Å². The summed E-state index contributed by atoms with van der Waals surface area (Å²) in [5, 5.41) is 0. The van der Waals surface area contributed by atoms with Crippen molar-refractivity contribution in [2.45, 2.75) is 62.2 Å². The zero-order valence-corrected chi connectivity index (χ0v) is 17.9. The van der Waals surface area contributed by atoms with Crippen molar-refractivity contribution in [2.24, 2.45) is 0 Å². The lowest BCUT2D eigenvalue weighted by Crippen LogP contribution is -2.62. The van der Waals surface area contributed by atoms with Crippen LogP contribution >= 0.6 is 0 Å². The van der Waals surface area contributed by atoms with Gasteiger partial charge in [0.05, 0.1) is 12.1 Å². The Bertz CT molecular complexity index is 870. The summed E-state index contributed by atoms with van der Waals surface area (Å²) in [5.41, 5.74) is 1.69. The Balaban J connectivity index is 1.24. The maximum Gasteiger partial charge on any atom is 0.259 e. The van der Waals surface area contributed by atoms with Crippen LogP contribution in [-0.4, -0.2) is 48.2 Å². The third-order valence-electron chi connectivity index (χ3n) is 7.35. The molecule has 0 N–H and O–H groups in total. The van der Waals surface area contributed by atoms with E-state index in [0.29, 0.717) is 12.6 Å². The Morgan fingerprint density at radius 2 is 1.60 bits per heavy atom. The number of likely N-dealkylation sites (N-methyl/N-ethyl adjacent to an activating group) is 1. The SMILES string of the molecule is CN(CCc1ccccc1)C1CCC2(CC1)CN(c1ccccc1)C(=O)C1(CC1)O2. The fraction of sp³-hybridized carbons (Fsp3) is 0.500. The van der Waals surface area contributed by atoms with Gasteiger partial charge in [-0.1, -0.05) is 48.5 Å². The molecule has 0 aromatic heterocycles. The molecule has 3 aliphatic rings. The van der Waals surface area contributed by atoms with Crippen molar-refractivity contribution in [1.82, 2.24) is 4.90 Å². The largest absolute Gasteiger partial charge is 0.357 e. The minimum atomic E-state index is -0.542. The van der Waals surface area contributed by atoms with E-state index in [0.717, 1.165) is 57.2 Å². The molecule has 2 aliphatic carbocycles. The van der Waals surface area contributed by atoms with Crippen LogP contribution < -0.4 is 4.90 Å². The molecule has 0 atom stereocenters. The molecule has 4 nitrogen and oxygen atoms in total. The number of ether oxygens (including phenoxy) is 1. The number of amides is 1. The summed E-state index contributed by atoms with van der Waals surface area (Å²) in [5.74, 6) is 0.168. The molecule has 2 aromatic rings. The Morgan fingerprint density at radius 3 is 2.23 bits per heavy atom. The average Bonchev–Trinajstić information content (AvgIpc) is 3.56. The van der Waals surface area contributed by atoms with Crippen molar-refractivity contribution in [3.05, 3.63) is 66.2 Å². The van der Waals surface area contributed by atoms with E-state index in [1.807, 2.05) is 23.1 Å². The maximum absolute atomic E-state index is 13.1. The number of rotatable bonds is 5. The molecule has 158 valence electrons. The van der Waals surface area contributed by atoms with Crippen molar-refractivity contribution in [1.29, 1.82) is 0 Å². The van der Waals surface area contributed by atoms with Crippen LogP contribution in [0, 0.1) is 0 Å². The zero-order valence-electron chi connectivity index (χ0n) is 17.9. The van der Waals surface area contributed by atoms with E-state index in [4.69, 9.17) is 4.74 Å². The van der Waals surface area contributed by atoms with Gasteiger partial charge in [0, 0.05) is 18.3 Å². The van der Waals surface area contributed by atoms with E-state index in [1.165, 1.54) is 5.56 Å². The van der Waals surface area contributed by atoms with Crippen molar-refractivity contribution >= 4 is 11.6 Å². The van der Waals surface area contributed by atoms with Gasteiger partial charge in [-0.25, -0.2) is 0 Å². The molecule has 2 spiro atoms. The van der Waals surface area contributed by atoms with Crippen LogP contribution in [0.4, 0.5) is 5.69 Å². The fourth-order valence-electron chi connectivity index (χ4n) is 5.30. The second kappa shape index (κ2) is 7.82. The molecule has 0 radical (unpaired) electrons. The molecule has 5 rings (SSSR count). The smallest absolute Gasteiger partial charge is 0.259 e. The standard InChI is InChI=1S/C26H32N2O2/c1-27(19-14-21-8-4-2-5-9-21)22-12-15-25(16-13-22)20-28(23-10-6-3-7-11-23)24(29)26(30-25)17-18-26/h2-11,22H,12-20H2,1H3. The number of carbonyl (C=O) groups is 1. The number of nitrogens with zero attached hydrogens (tertiary/aromatic N) is 2. The van der Waals surface area contributed by atoms with E-state index in [1.54, 1.807) is 0 Å². The van der Waals surface area contributed by atoms with Gasteiger partial charge in [0.15, 0.2) is 0 Å². The first-order valence-electron chi connectivity index (χ1n) is 11.4. The Hall–Kier alpha value is -2.17. The van der Waals surface area contributed by atoms with Gasteiger partial charge in [-0.2, -0.15) is 0 Å². The number of morpholine rings is 1. The van der Waals surface area contributed by atoms with Gasteiger partial charge in [-0.3, -0.25) is 4.79 Å². The first-order chi connectivity index (χ1) is 14.6. The fourth-order valence-corrected chi connectivity index (χ4v) is 5.30. The first-order valence-corrected chi connectivity index (χ1v) is 11.4. The van der Waals surface area contributed by atoms with Crippen LogP contribution in [-0.2, 0) is 16.0 Å². The normalized spacial score (nSPS) is 27.7. The molecule has 4 heteroatoms. The number of anilines is 1. The highest BCUT2D eigenvalue weighted by Gasteiger charge is 2.62. The van der Waals surface area contributed by atoms with Gasteiger partial charge in [-0.15, -0.1) is 0 Å². The Kier molecular flexibility index (Phi) is 5.16. The first kappa shape index (κ1) is 19.8. The number of carbonyl (C=O) groups excluding carboxylic acids is 1. The summed E-state index contributed by atoms with van der Waals surface area (Å²) < 4.78 is 6.62. The summed E-state index contributed by atoms with van der Waals surface area (Å²) in [6.45, 7) is 1.78. The van der Waals surface area contributed by atoms with Crippen LogP contribution in [0.25, 0.3) is 0 Å². The molecule has 0 unspecified atom stereocenters. The predicted molar refractivity (Wildman–Crippen MR) is 120 cm³/mol. The minimum absolute atomic E-state index is 0.168. The third kappa shape index (κ3) is 3.79. The lowest BCUT2D eigenvalue weighted by Gasteiger charge is -2.50. The van der Waals surface area contributed by atoms with E-state index >= 15 is 0 Å². The molecular weight excluding hydrogens is 372 g/mol. The van der Waals surface area contributed by atoms with E-state index in [2.05, 4.69) is 54.4 Å². The summed E-state index contributed by atoms with van der Waals surface area (Å²) in [6.07, 6.45) is 7.18. The molecular formula is C26H32N2O2. The number of hydrogen-bond acceptors (Lipinski definition) is 3. The van der Waals surface area contributed by atoms with Gasteiger partial charge >= 0.3 is 0 Å². The molecule has 1 heterocycles. The second-order valence-corrected chi connectivity index (χ2v) is 9.45. The Morgan fingerprint density at radius 1 is 0.967 bits per heavy atom.